The van der Waals surface area contributed by atoms with Gasteiger partial charge in [0.15, 0.2) is 0 Å². The third kappa shape index (κ3) is 4.76. The van der Waals surface area contributed by atoms with Crippen molar-refractivity contribution in [1.29, 1.82) is 0 Å². The molecular formula is C50H36N2. The Labute approximate surface area is 304 Å². The predicted octanol–water partition coefficient (Wildman–Crippen LogP) is 13.2. The molecule has 0 N–H and O–H groups in total. The van der Waals surface area contributed by atoms with Crippen molar-refractivity contribution in [3.63, 3.8) is 0 Å². The SMILES string of the molecule is CC1(C)c2ccccc2-c2ccc(-c3cnccc3-c3ccc4c(c3)c3ccccc3n4-c3cc(-c4ccccc4)cc(-c4ccccc4)c3)cc21. The topological polar surface area (TPSA) is 17.8 Å². The van der Waals surface area contributed by atoms with Crippen LogP contribution in [0.25, 0.3) is 83.1 Å². The zero-order valence-corrected chi connectivity index (χ0v) is 29.2. The normalized spacial score (nSPS) is 13.0. The molecule has 2 heterocycles. The fourth-order valence-corrected chi connectivity index (χ4v) is 8.50. The number of hydrogen-bond acceptors (Lipinski definition) is 1. The molecule has 9 aromatic rings. The van der Waals surface area contributed by atoms with Crippen molar-refractivity contribution in [1.82, 2.24) is 9.55 Å². The maximum absolute atomic E-state index is 4.63. The summed E-state index contributed by atoms with van der Waals surface area (Å²) in [7, 11) is 0. The molecule has 7 aromatic carbocycles. The van der Waals surface area contributed by atoms with Gasteiger partial charge in [-0.15, -0.1) is 0 Å². The molecule has 0 radical (unpaired) electrons. The molecule has 0 fully saturated rings. The number of aromatic nitrogens is 2. The van der Waals surface area contributed by atoms with Crippen molar-refractivity contribution in [2.24, 2.45) is 0 Å². The van der Waals surface area contributed by atoms with Crippen LogP contribution in [0.15, 0.2) is 182 Å². The van der Waals surface area contributed by atoms with Crippen LogP contribution in [0.5, 0.6) is 0 Å². The molecule has 1 aliphatic rings. The van der Waals surface area contributed by atoms with Gasteiger partial charge in [-0.25, -0.2) is 0 Å². The first-order chi connectivity index (χ1) is 25.5. The molecule has 0 atom stereocenters. The van der Waals surface area contributed by atoms with E-state index in [0.717, 1.165) is 11.3 Å². The van der Waals surface area contributed by atoms with Crippen LogP contribution in [0.3, 0.4) is 0 Å². The first-order valence-corrected chi connectivity index (χ1v) is 18.0. The summed E-state index contributed by atoms with van der Waals surface area (Å²) < 4.78 is 2.43. The van der Waals surface area contributed by atoms with Crippen molar-refractivity contribution in [2.45, 2.75) is 19.3 Å². The van der Waals surface area contributed by atoms with E-state index < -0.39 is 0 Å². The Morgan fingerprint density at radius 1 is 0.404 bits per heavy atom. The molecular weight excluding hydrogens is 629 g/mol. The molecule has 0 saturated heterocycles. The van der Waals surface area contributed by atoms with E-state index in [2.05, 4.69) is 193 Å². The number of hydrogen-bond donors (Lipinski definition) is 0. The van der Waals surface area contributed by atoms with E-state index in [1.54, 1.807) is 0 Å². The standard InChI is InChI=1S/C50H36N2/c1-50(2)46-19-11-9-17-41(46)42-23-21-36(31-47(42)50)45-32-51-26-25-40(45)35-22-24-49-44(30-35)43-18-10-12-20-48(43)52(49)39-28-37(33-13-5-3-6-14-33)27-38(29-39)34-15-7-4-8-16-34/h3-32H,1-2H3. The van der Waals surface area contributed by atoms with E-state index in [-0.39, 0.29) is 5.41 Å². The van der Waals surface area contributed by atoms with Crippen molar-refractivity contribution in [3.05, 3.63) is 193 Å². The largest absolute Gasteiger partial charge is 0.309 e. The van der Waals surface area contributed by atoms with Gasteiger partial charge in [0, 0.05) is 39.8 Å². The highest BCUT2D eigenvalue weighted by atomic mass is 15.0. The van der Waals surface area contributed by atoms with E-state index in [4.69, 9.17) is 0 Å². The van der Waals surface area contributed by atoms with E-state index in [9.17, 15) is 0 Å². The highest BCUT2D eigenvalue weighted by molar-refractivity contribution is 6.11. The first-order valence-electron chi connectivity index (χ1n) is 18.0. The summed E-state index contributed by atoms with van der Waals surface area (Å²) in [6.07, 6.45) is 3.94. The summed E-state index contributed by atoms with van der Waals surface area (Å²) in [6.45, 7) is 4.68. The minimum Gasteiger partial charge on any atom is -0.309 e. The van der Waals surface area contributed by atoms with Crippen LogP contribution < -0.4 is 0 Å². The Bertz CT molecular complexity index is 2750. The van der Waals surface area contributed by atoms with E-state index >= 15 is 0 Å². The fraction of sp³-hybridized carbons (Fsp3) is 0.0600. The van der Waals surface area contributed by atoms with Gasteiger partial charge in [-0.1, -0.05) is 135 Å². The van der Waals surface area contributed by atoms with Crippen molar-refractivity contribution in [2.75, 3.05) is 0 Å². The van der Waals surface area contributed by atoms with Crippen molar-refractivity contribution in [3.8, 4) is 61.3 Å². The summed E-state index contributed by atoms with van der Waals surface area (Å²) in [5.74, 6) is 0. The van der Waals surface area contributed by atoms with E-state index in [1.165, 1.54) is 83.0 Å². The zero-order valence-electron chi connectivity index (χ0n) is 29.2. The lowest BCUT2D eigenvalue weighted by atomic mass is 9.81. The van der Waals surface area contributed by atoms with E-state index in [0.29, 0.717) is 0 Å². The van der Waals surface area contributed by atoms with Gasteiger partial charge in [-0.3, -0.25) is 4.98 Å². The maximum atomic E-state index is 4.63. The minimum atomic E-state index is -0.0662. The molecule has 2 aromatic heterocycles. The molecule has 0 aliphatic heterocycles. The van der Waals surface area contributed by atoms with Crippen LogP contribution in [0.4, 0.5) is 0 Å². The van der Waals surface area contributed by atoms with Gasteiger partial charge in [0.1, 0.15) is 0 Å². The summed E-state index contributed by atoms with van der Waals surface area (Å²) >= 11 is 0. The number of rotatable bonds is 5. The summed E-state index contributed by atoms with van der Waals surface area (Å²) in [4.78, 5) is 4.63. The predicted molar refractivity (Wildman–Crippen MR) is 218 cm³/mol. The third-order valence-corrected chi connectivity index (χ3v) is 11.1. The lowest BCUT2D eigenvalue weighted by Crippen LogP contribution is -2.14. The van der Waals surface area contributed by atoms with E-state index in [1.807, 2.05) is 12.4 Å². The lowest BCUT2D eigenvalue weighted by molar-refractivity contribution is 0.660. The van der Waals surface area contributed by atoms with Crippen LogP contribution in [-0.4, -0.2) is 9.55 Å². The van der Waals surface area contributed by atoms with Crippen LogP contribution in [0.2, 0.25) is 0 Å². The van der Waals surface area contributed by atoms with Crippen LogP contribution >= 0.6 is 0 Å². The van der Waals surface area contributed by atoms with Crippen molar-refractivity contribution >= 4 is 21.8 Å². The van der Waals surface area contributed by atoms with Gasteiger partial charge < -0.3 is 4.57 Å². The van der Waals surface area contributed by atoms with Gasteiger partial charge in [0.2, 0.25) is 0 Å². The molecule has 0 amide bonds. The van der Waals surface area contributed by atoms with Crippen LogP contribution in [0, 0.1) is 0 Å². The number of pyridine rings is 1. The highest BCUT2D eigenvalue weighted by Crippen LogP contribution is 2.50. The number of benzene rings is 7. The zero-order chi connectivity index (χ0) is 34.8. The second-order valence-electron chi connectivity index (χ2n) is 14.4. The Balaban J connectivity index is 1.14. The van der Waals surface area contributed by atoms with Crippen molar-refractivity contribution < 1.29 is 0 Å². The third-order valence-electron chi connectivity index (χ3n) is 11.1. The summed E-state index contributed by atoms with van der Waals surface area (Å²) in [5, 5.41) is 2.46. The molecule has 0 bridgehead atoms. The molecule has 246 valence electrons. The van der Waals surface area contributed by atoms with Gasteiger partial charge in [-0.05, 0) is 110 Å². The average Bonchev–Trinajstić information content (AvgIpc) is 3.66. The molecule has 2 heteroatoms. The first kappa shape index (κ1) is 30.3. The second-order valence-corrected chi connectivity index (χ2v) is 14.4. The highest BCUT2D eigenvalue weighted by Gasteiger charge is 2.35. The van der Waals surface area contributed by atoms with Gasteiger partial charge in [-0.2, -0.15) is 0 Å². The summed E-state index contributed by atoms with van der Waals surface area (Å²) in [5.41, 5.74) is 18.4. The Morgan fingerprint density at radius 2 is 1.02 bits per heavy atom. The molecule has 2 nitrogen and oxygen atoms in total. The maximum Gasteiger partial charge on any atom is 0.0541 e. The Hall–Kier alpha value is -6.51. The number of nitrogens with zero attached hydrogens (tertiary/aromatic N) is 2. The minimum absolute atomic E-state index is 0.0662. The average molecular weight is 665 g/mol. The molecule has 0 spiro atoms. The lowest BCUT2D eigenvalue weighted by Gasteiger charge is -2.22. The van der Waals surface area contributed by atoms with Crippen LogP contribution in [-0.2, 0) is 5.41 Å². The Kier molecular flexibility index (Phi) is 6.87. The molecule has 0 unspecified atom stereocenters. The van der Waals surface area contributed by atoms with Gasteiger partial charge >= 0.3 is 0 Å². The molecule has 0 saturated carbocycles. The fourth-order valence-electron chi connectivity index (χ4n) is 8.50. The summed E-state index contributed by atoms with van der Waals surface area (Å²) in [6, 6.07) is 62.1. The van der Waals surface area contributed by atoms with Gasteiger partial charge in [0.05, 0.1) is 11.0 Å². The monoisotopic (exact) mass is 664 g/mol. The Morgan fingerprint density at radius 3 is 1.79 bits per heavy atom. The van der Waals surface area contributed by atoms with Gasteiger partial charge in [0.25, 0.3) is 0 Å². The molecule has 10 rings (SSSR count). The number of para-hydroxylation sites is 1. The quantitative estimate of drug-likeness (QED) is 0.179. The molecule has 52 heavy (non-hydrogen) atoms. The number of fused-ring (bicyclic) bond motifs is 6. The smallest absolute Gasteiger partial charge is 0.0541 e. The van der Waals surface area contributed by atoms with Crippen LogP contribution in [0.1, 0.15) is 25.0 Å². The second kappa shape index (κ2) is 11.8. The molecule has 1 aliphatic carbocycles.